The van der Waals surface area contributed by atoms with Crippen LogP contribution in [0.3, 0.4) is 0 Å². The summed E-state index contributed by atoms with van der Waals surface area (Å²) in [5.41, 5.74) is 0.949. The molecule has 1 saturated carbocycles. The molecule has 40 heavy (non-hydrogen) atoms. The molecule has 0 aliphatic heterocycles. The first-order valence-electron chi connectivity index (χ1n) is 13.5. The molecule has 0 heterocycles. The summed E-state index contributed by atoms with van der Waals surface area (Å²) in [5.74, 6) is 0.586. The van der Waals surface area contributed by atoms with Crippen LogP contribution in [0, 0.1) is 0 Å². The molecule has 0 saturated heterocycles. The average molecular weight is 576 g/mol. The number of rotatable bonds is 13. The zero-order chi connectivity index (χ0) is 29.3. The van der Waals surface area contributed by atoms with Gasteiger partial charge in [0, 0.05) is 18.7 Å². The molecule has 3 rings (SSSR count). The van der Waals surface area contributed by atoms with Gasteiger partial charge in [-0.05, 0) is 49.1 Å². The van der Waals surface area contributed by atoms with E-state index in [1.165, 1.54) is 25.2 Å². The van der Waals surface area contributed by atoms with Gasteiger partial charge in [-0.1, -0.05) is 38.3 Å². The highest BCUT2D eigenvalue weighted by Gasteiger charge is 2.33. The number of nitrogens with one attached hydrogen (secondary N) is 1. The minimum absolute atomic E-state index is 0.0711. The fraction of sp³-hybridized carbons (Fsp3) is 0.517. The molecule has 1 aliphatic carbocycles. The van der Waals surface area contributed by atoms with Crippen LogP contribution >= 0.6 is 0 Å². The zero-order valence-electron chi connectivity index (χ0n) is 24.0. The number of ether oxygens (including phenoxy) is 3. The van der Waals surface area contributed by atoms with Gasteiger partial charge < -0.3 is 24.4 Å². The van der Waals surface area contributed by atoms with Crippen molar-refractivity contribution >= 4 is 27.5 Å². The lowest BCUT2D eigenvalue weighted by Gasteiger charge is -2.34. The standard InChI is InChI=1S/C29H41N3O7S/c1-6-25(29(34)30-22-10-8-7-9-11-22)31(19-21-12-14-23(37-2)15-13-21)28(33)20-32(40(5,35)36)26-18-24(38-3)16-17-27(26)39-4/h12-18,22,25H,6-11,19-20H2,1-5H3,(H,30,34)/t25-/m1/s1. The minimum atomic E-state index is -3.93. The number of methoxy groups -OCH3 is 3. The molecule has 10 nitrogen and oxygen atoms in total. The Hall–Kier alpha value is -3.47. The van der Waals surface area contributed by atoms with Crippen molar-refractivity contribution in [2.75, 3.05) is 38.4 Å². The van der Waals surface area contributed by atoms with E-state index in [4.69, 9.17) is 14.2 Å². The van der Waals surface area contributed by atoms with Gasteiger partial charge in [0.15, 0.2) is 0 Å². The highest BCUT2D eigenvalue weighted by Crippen LogP contribution is 2.34. The highest BCUT2D eigenvalue weighted by atomic mass is 32.2. The van der Waals surface area contributed by atoms with Crippen molar-refractivity contribution < 1.29 is 32.2 Å². The molecule has 0 bridgehead atoms. The summed E-state index contributed by atoms with van der Waals surface area (Å²) in [6.45, 7) is 1.44. The van der Waals surface area contributed by atoms with Crippen molar-refractivity contribution in [3.8, 4) is 17.2 Å². The van der Waals surface area contributed by atoms with Crippen LogP contribution in [0.2, 0.25) is 0 Å². The summed E-state index contributed by atoms with van der Waals surface area (Å²) >= 11 is 0. The van der Waals surface area contributed by atoms with Crippen LogP contribution in [0.5, 0.6) is 17.2 Å². The third-order valence-corrected chi connectivity index (χ3v) is 8.31. The second-order valence-corrected chi connectivity index (χ2v) is 11.9. The Labute approximate surface area is 237 Å². The molecule has 0 unspecified atom stereocenters. The number of carbonyl (C=O) groups excluding carboxylic acids is 2. The molecule has 2 amide bonds. The van der Waals surface area contributed by atoms with E-state index in [2.05, 4.69) is 5.32 Å². The Balaban J connectivity index is 1.97. The summed E-state index contributed by atoms with van der Waals surface area (Å²) in [7, 11) is 0.532. The van der Waals surface area contributed by atoms with E-state index in [1.807, 2.05) is 19.1 Å². The first kappa shape index (κ1) is 31.1. The van der Waals surface area contributed by atoms with Gasteiger partial charge in [-0.15, -0.1) is 0 Å². The summed E-state index contributed by atoms with van der Waals surface area (Å²) in [6, 6.07) is 11.2. The predicted molar refractivity (Wildman–Crippen MR) is 154 cm³/mol. The lowest BCUT2D eigenvalue weighted by atomic mass is 9.95. The van der Waals surface area contributed by atoms with Crippen LogP contribution in [0.1, 0.15) is 51.0 Å². The van der Waals surface area contributed by atoms with E-state index in [9.17, 15) is 18.0 Å². The number of anilines is 1. The van der Waals surface area contributed by atoms with E-state index < -0.39 is 28.5 Å². The van der Waals surface area contributed by atoms with Crippen LogP contribution in [-0.2, 0) is 26.2 Å². The quantitative estimate of drug-likeness (QED) is 0.387. The molecule has 0 spiro atoms. The number of carbonyl (C=O) groups is 2. The largest absolute Gasteiger partial charge is 0.497 e. The maximum absolute atomic E-state index is 14.0. The molecule has 1 N–H and O–H groups in total. The number of nitrogens with zero attached hydrogens (tertiary/aromatic N) is 2. The topological polar surface area (TPSA) is 114 Å². The van der Waals surface area contributed by atoms with Crippen molar-refractivity contribution in [1.82, 2.24) is 10.2 Å². The monoisotopic (exact) mass is 575 g/mol. The van der Waals surface area contributed by atoms with Crippen molar-refractivity contribution in [3.05, 3.63) is 48.0 Å². The van der Waals surface area contributed by atoms with E-state index >= 15 is 0 Å². The van der Waals surface area contributed by atoms with Gasteiger partial charge in [0.25, 0.3) is 0 Å². The Kier molecular flexibility index (Phi) is 11.1. The van der Waals surface area contributed by atoms with Gasteiger partial charge in [-0.2, -0.15) is 0 Å². The van der Waals surface area contributed by atoms with Gasteiger partial charge >= 0.3 is 0 Å². The van der Waals surface area contributed by atoms with Gasteiger partial charge in [-0.25, -0.2) is 8.42 Å². The number of hydrogen-bond donors (Lipinski definition) is 1. The lowest BCUT2D eigenvalue weighted by Crippen LogP contribution is -2.54. The lowest BCUT2D eigenvalue weighted by molar-refractivity contribution is -0.140. The Morgan fingerprint density at radius 3 is 2.12 bits per heavy atom. The number of benzene rings is 2. The fourth-order valence-electron chi connectivity index (χ4n) is 4.98. The van der Waals surface area contributed by atoms with Gasteiger partial charge in [0.2, 0.25) is 21.8 Å². The van der Waals surface area contributed by atoms with Crippen molar-refractivity contribution in [1.29, 1.82) is 0 Å². The summed E-state index contributed by atoms with van der Waals surface area (Å²) in [4.78, 5) is 29.0. The smallest absolute Gasteiger partial charge is 0.244 e. The second-order valence-electron chi connectivity index (χ2n) is 9.94. The SMILES string of the molecule is CC[C@H](C(=O)NC1CCCCC1)N(Cc1ccc(OC)cc1)C(=O)CN(c1cc(OC)ccc1OC)S(C)(=O)=O. The molecule has 1 aliphatic rings. The van der Waals surface area contributed by atoms with Gasteiger partial charge in [0.1, 0.15) is 29.8 Å². The second kappa shape index (κ2) is 14.2. The first-order chi connectivity index (χ1) is 19.1. The maximum Gasteiger partial charge on any atom is 0.244 e. The van der Waals surface area contributed by atoms with Crippen LogP contribution in [-0.4, -0.2) is 71.3 Å². The number of amides is 2. The molecule has 2 aromatic rings. The predicted octanol–water partition coefficient (Wildman–Crippen LogP) is 3.73. The molecule has 1 fully saturated rings. The van der Waals surface area contributed by atoms with Crippen LogP contribution in [0.4, 0.5) is 5.69 Å². The van der Waals surface area contributed by atoms with Gasteiger partial charge in [0.05, 0.1) is 33.3 Å². The van der Waals surface area contributed by atoms with E-state index in [0.29, 0.717) is 17.9 Å². The normalized spacial score (nSPS) is 14.6. The molecular weight excluding hydrogens is 534 g/mol. The van der Waals surface area contributed by atoms with Crippen LogP contribution in [0.25, 0.3) is 0 Å². The molecular formula is C29H41N3O7S. The van der Waals surface area contributed by atoms with E-state index in [-0.39, 0.29) is 29.9 Å². The fourth-order valence-corrected chi connectivity index (χ4v) is 5.82. The molecule has 2 aromatic carbocycles. The molecule has 220 valence electrons. The number of sulfonamides is 1. The molecule has 0 radical (unpaired) electrons. The minimum Gasteiger partial charge on any atom is -0.497 e. The molecule has 0 aromatic heterocycles. The summed E-state index contributed by atoms with van der Waals surface area (Å²) < 4.78 is 42.9. The average Bonchev–Trinajstić information content (AvgIpc) is 2.95. The van der Waals surface area contributed by atoms with Crippen LogP contribution < -0.4 is 23.8 Å². The summed E-state index contributed by atoms with van der Waals surface area (Å²) in [5, 5.41) is 3.14. The van der Waals surface area contributed by atoms with Crippen molar-refractivity contribution in [2.24, 2.45) is 0 Å². The third-order valence-electron chi connectivity index (χ3n) is 7.18. The summed E-state index contributed by atoms with van der Waals surface area (Å²) in [6.07, 6.45) is 6.48. The Morgan fingerprint density at radius 2 is 1.57 bits per heavy atom. The number of hydrogen-bond acceptors (Lipinski definition) is 7. The molecule has 11 heteroatoms. The Morgan fingerprint density at radius 1 is 0.950 bits per heavy atom. The van der Waals surface area contributed by atoms with Crippen molar-refractivity contribution in [2.45, 2.75) is 64.1 Å². The van der Waals surface area contributed by atoms with E-state index in [1.54, 1.807) is 31.4 Å². The first-order valence-corrected chi connectivity index (χ1v) is 15.4. The van der Waals surface area contributed by atoms with Crippen LogP contribution in [0.15, 0.2) is 42.5 Å². The van der Waals surface area contributed by atoms with Crippen molar-refractivity contribution in [3.63, 3.8) is 0 Å². The highest BCUT2D eigenvalue weighted by molar-refractivity contribution is 7.92. The van der Waals surface area contributed by atoms with Gasteiger partial charge in [-0.3, -0.25) is 13.9 Å². The zero-order valence-corrected chi connectivity index (χ0v) is 24.8. The Bertz CT molecular complexity index is 1240. The van der Waals surface area contributed by atoms with E-state index in [0.717, 1.165) is 48.2 Å². The third kappa shape index (κ3) is 8.03. The maximum atomic E-state index is 14.0. The molecule has 1 atom stereocenters.